The minimum Gasteiger partial charge on any atom is -0.354 e. The van der Waals surface area contributed by atoms with Crippen molar-refractivity contribution in [2.24, 2.45) is 22.5 Å². The molecule has 20 heavy (non-hydrogen) atoms. The van der Waals surface area contributed by atoms with Crippen LogP contribution >= 0.6 is 12.4 Å². The maximum absolute atomic E-state index is 12.2. The van der Waals surface area contributed by atoms with E-state index in [4.69, 9.17) is 5.73 Å². The Morgan fingerprint density at radius 2 is 1.70 bits per heavy atom. The summed E-state index contributed by atoms with van der Waals surface area (Å²) >= 11 is 0. The minimum atomic E-state index is -0.143. The van der Waals surface area contributed by atoms with Gasteiger partial charge < -0.3 is 11.1 Å². The van der Waals surface area contributed by atoms with Crippen LogP contribution < -0.4 is 11.1 Å². The Morgan fingerprint density at radius 1 is 1.20 bits per heavy atom. The first-order chi connectivity index (χ1) is 8.78. The highest BCUT2D eigenvalue weighted by Crippen LogP contribution is 2.68. The van der Waals surface area contributed by atoms with Gasteiger partial charge in [-0.1, -0.05) is 58.0 Å². The van der Waals surface area contributed by atoms with Crippen LogP contribution in [0, 0.1) is 16.7 Å². The molecule has 1 fully saturated rings. The quantitative estimate of drug-likeness (QED) is 0.897. The number of benzene rings is 1. The smallest absolute Gasteiger partial charge is 0.224 e. The monoisotopic (exact) mass is 296 g/mol. The van der Waals surface area contributed by atoms with Crippen LogP contribution in [0.1, 0.15) is 39.3 Å². The average Bonchev–Trinajstić information content (AvgIpc) is 2.77. The summed E-state index contributed by atoms with van der Waals surface area (Å²) in [5.41, 5.74) is 7.29. The Balaban J connectivity index is 0.00000200. The molecule has 0 spiro atoms. The maximum Gasteiger partial charge on any atom is 0.224 e. The summed E-state index contributed by atoms with van der Waals surface area (Å²) in [4.78, 5) is 12.2. The van der Waals surface area contributed by atoms with Crippen LogP contribution in [0.2, 0.25) is 0 Å². The third-order valence-electron chi connectivity index (χ3n) is 5.01. The zero-order valence-corrected chi connectivity index (χ0v) is 13.5. The molecule has 1 aromatic carbocycles. The lowest BCUT2D eigenvalue weighted by Gasteiger charge is -2.13. The van der Waals surface area contributed by atoms with E-state index in [0.717, 1.165) is 5.56 Å². The summed E-state index contributed by atoms with van der Waals surface area (Å²) in [6.45, 7) is 9.08. The third-order valence-corrected chi connectivity index (χ3v) is 5.01. The van der Waals surface area contributed by atoms with Gasteiger partial charge in [0.15, 0.2) is 0 Å². The summed E-state index contributed by atoms with van der Waals surface area (Å²) < 4.78 is 0. The number of carbonyl (C=O) groups is 1. The topological polar surface area (TPSA) is 55.1 Å². The van der Waals surface area contributed by atoms with E-state index in [-0.39, 0.29) is 41.1 Å². The summed E-state index contributed by atoms with van der Waals surface area (Å²) in [6, 6.07) is 9.72. The molecule has 0 aromatic heterocycles. The molecule has 3 N–H and O–H groups in total. The molecule has 2 rings (SSSR count). The molecule has 112 valence electrons. The molecule has 1 saturated carbocycles. The summed E-state index contributed by atoms with van der Waals surface area (Å²) in [7, 11) is 0. The third kappa shape index (κ3) is 2.84. The van der Waals surface area contributed by atoms with E-state index < -0.39 is 0 Å². The number of nitrogens with one attached hydrogen (secondary N) is 1. The SMILES string of the molecule is CC1(C)C(C(=O)NCC(N)c2ccccc2)C1(C)C.Cl. The zero-order valence-electron chi connectivity index (χ0n) is 12.6. The first kappa shape index (κ1) is 17.0. The van der Waals surface area contributed by atoms with Crippen molar-refractivity contribution < 1.29 is 4.79 Å². The fourth-order valence-corrected chi connectivity index (χ4v) is 2.98. The van der Waals surface area contributed by atoms with Crippen LogP contribution in [0.25, 0.3) is 0 Å². The van der Waals surface area contributed by atoms with Gasteiger partial charge in [0.05, 0.1) is 0 Å². The lowest BCUT2D eigenvalue weighted by Crippen LogP contribution is -2.34. The van der Waals surface area contributed by atoms with Crippen LogP contribution in [0.3, 0.4) is 0 Å². The van der Waals surface area contributed by atoms with Gasteiger partial charge in [0.2, 0.25) is 5.91 Å². The zero-order chi connectivity index (χ0) is 14.3. The Kier molecular flexibility index (Phi) is 4.88. The fourth-order valence-electron chi connectivity index (χ4n) is 2.98. The van der Waals surface area contributed by atoms with Gasteiger partial charge in [0, 0.05) is 18.5 Å². The van der Waals surface area contributed by atoms with E-state index in [0.29, 0.717) is 6.54 Å². The van der Waals surface area contributed by atoms with Gasteiger partial charge >= 0.3 is 0 Å². The van der Waals surface area contributed by atoms with E-state index in [1.807, 2.05) is 30.3 Å². The van der Waals surface area contributed by atoms with Crippen LogP contribution in [-0.2, 0) is 4.79 Å². The molecule has 0 aliphatic heterocycles. The van der Waals surface area contributed by atoms with Gasteiger partial charge in [-0.3, -0.25) is 4.79 Å². The van der Waals surface area contributed by atoms with Crippen molar-refractivity contribution in [2.75, 3.05) is 6.54 Å². The number of carbonyl (C=O) groups excluding carboxylic acids is 1. The predicted molar refractivity (Wildman–Crippen MR) is 84.7 cm³/mol. The van der Waals surface area contributed by atoms with Crippen molar-refractivity contribution in [3.05, 3.63) is 35.9 Å². The van der Waals surface area contributed by atoms with Crippen molar-refractivity contribution in [1.82, 2.24) is 5.32 Å². The number of hydrogen-bond donors (Lipinski definition) is 2. The Labute approximate surface area is 127 Å². The molecule has 0 heterocycles. The van der Waals surface area contributed by atoms with Gasteiger partial charge in [-0.15, -0.1) is 12.4 Å². The Hall–Kier alpha value is -1.06. The highest BCUT2D eigenvalue weighted by Gasteiger charge is 2.68. The standard InChI is InChI=1S/C16H24N2O.ClH/c1-15(2)13(16(15,3)4)14(19)18-10-12(17)11-8-6-5-7-9-11;/h5-9,12-13H,10,17H2,1-4H3,(H,18,19);1H. The highest BCUT2D eigenvalue weighted by molar-refractivity contribution is 5.85. The molecule has 3 nitrogen and oxygen atoms in total. The van der Waals surface area contributed by atoms with Gasteiger partial charge in [0.25, 0.3) is 0 Å². The summed E-state index contributed by atoms with van der Waals surface area (Å²) in [5, 5.41) is 2.99. The lowest BCUT2D eigenvalue weighted by atomic mass is 10.0. The second-order valence-corrected chi connectivity index (χ2v) is 6.64. The normalized spacial score (nSPS) is 20.6. The molecule has 1 unspecified atom stereocenters. The average molecular weight is 297 g/mol. The van der Waals surface area contributed by atoms with Crippen molar-refractivity contribution >= 4 is 18.3 Å². The van der Waals surface area contributed by atoms with Gasteiger partial charge in [-0.2, -0.15) is 0 Å². The van der Waals surface area contributed by atoms with E-state index in [1.54, 1.807) is 0 Å². The predicted octanol–water partition coefficient (Wildman–Crippen LogP) is 2.91. The van der Waals surface area contributed by atoms with E-state index >= 15 is 0 Å². The lowest BCUT2D eigenvalue weighted by molar-refractivity contribution is -0.123. The molecular weight excluding hydrogens is 272 g/mol. The fraction of sp³-hybridized carbons (Fsp3) is 0.562. The summed E-state index contributed by atoms with van der Waals surface area (Å²) in [6.07, 6.45) is 0. The molecule has 0 radical (unpaired) electrons. The van der Waals surface area contributed by atoms with Crippen LogP contribution in [0.15, 0.2) is 30.3 Å². The number of hydrogen-bond acceptors (Lipinski definition) is 2. The Bertz CT molecular complexity index is 457. The Morgan fingerprint density at radius 3 is 2.15 bits per heavy atom. The number of rotatable bonds is 4. The molecule has 0 saturated heterocycles. The molecular formula is C16H25ClN2O. The van der Waals surface area contributed by atoms with Gasteiger partial charge in [-0.25, -0.2) is 0 Å². The number of halogens is 1. The largest absolute Gasteiger partial charge is 0.354 e. The molecule has 1 atom stereocenters. The van der Waals surface area contributed by atoms with Gasteiger partial charge in [-0.05, 0) is 16.4 Å². The number of nitrogens with two attached hydrogens (primary N) is 1. The molecule has 1 aliphatic rings. The van der Waals surface area contributed by atoms with E-state index in [9.17, 15) is 4.79 Å². The van der Waals surface area contributed by atoms with E-state index in [2.05, 4.69) is 33.0 Å². The molecule has 0 bridgehead atoms. The second-order valence-electron chi connectivity index (χ2n) is 6.64. The minimum absolute atomic E-state index is 0. The summed E-state index contributed by atoms with van der Waals surface area (Å²) in [5.74, 6) is 0.212. The maximum atomic E-state index is 12.2. The molecule has 4 heteroatoms. The first-order valence-corrected chi connectivity index (χ1v) is 6.86. The van der Waals surface area contributed by atoms with Crippen molar-refractivity contribution in [3.63, 3.8) is 0 Å². The molecule has 1 aliphatic carbocycles. The van der Waals surface area contributed by atoms with E-state index in [1.165, 1.54) is 0 Å². The van der Waals surface area contributed by atoms with Crippen molar-refractivity contribution in [2.45, 2.75) is 33.7 Å². The number of amides is 1. The second kappa shape index (κ2) is 5.74. The van der Waals surface area contributed by atoms with Crippen molar-refractivity contribution in [1.29, 1.82) is 0 Å². The first-order valence-electron chi connectivity index (χ1n) is 6.86. The molecule has 1 aromatic rings. The highest BCUT2D eigenvalue weighted by atomic mass is 35.5. The van der Waals surface area contributed by atoms with Crippen LogP contribution in [0.5, 0.6) is 0 Å². The van der Waals surface area contributed by atoms with Crippen molar-refractivity contribution in [3.8, 4) is 0 Å². The molecule has 1 amide bonds. The van der Waals surface area contributed by atoms with Crippen LogP contribution in [0.4, 0.5) is 0 Å². The van der Waals surface area contributed by atoms with Crippen LogP contribution in [-0.4, -0.2) is 12.5 Å². The van der Waals surface area contributed by atoms with Gasteiger partial charge in [0.1, 0.15) is 0 Å².